The molecule has 0 radical (unpaired) electrons. The predicted octanol–water partition coefficient (Wildman–Crippen LogP) is 18.0. The fraction of sp³-hybridized carbons (Fsp3) is 0. The van der Waals surface area contributed by atoms with Crippen LogP contribution in [0.4, 0.5) is 79.6 Å². The molecule has 18 rings (SSSR count). The van der Waals surface area contributed by atoms with Crippen LogP contribution >= 0.6 is 0 Å². The highest BCUT2D eigenvalue weighted by molar-refractivity contribution is 6.76. The van der Waals surface area contributed by atoms with Gasteiger partial charge in [0.05, 0.1) is 22.7 Å². The maximum Gasteiger partial charge on any atom is 0.524 e. The smallest absolute Gasteiger partial charge is 0.524 e. The largest absolute Gasteiger partial charge is 0.536 e. The van der Waals surface area contributed by atoms with E-state index >= 15 is 0 Å². The summed E-state index contributed by atoms with van der Waals surface area (Å²) < 4.78 is 27.0. The summed E-state index contributed by atoms with van der Waals surface area (Å²) in [5.41, 5.74) is 20.7. The highest BCUT2D eigenvalue weighted by Gasteiger charge is 2.43. The van der Waals surface area contributed by atoms with Crippen molar-refractivity contribution in [3.05, 3.63) is 364 Å². The summed E-state index contributed by atoms with van der Waals surface area (Å²) >= 11 is 0. The van der Waals surface area contributed by atoms with E-state index in [9.17, 15) is 0 Å². The number of hydrogen-bond donors (Lipinski definition) is 0. The Morgan fingerprint density at radius 3 is 0.582 bits per heavy atom. The standard InChI is InChI=1S/C84H60B4N6O4/c1-5-21-73(22-6-1)91-77-29-13-17-33-81(77)95-85(91)63-41-53-69(54-42-63)89(70-55-43-64(44-56-70)86-92(74-23-7-2-8-24-74)78-30-14-18-34-82(78)96-86)67-49-37-61(38-50-67)62-39-51-68(52-40-62)90(71-57-45-65(46-58-71)87-93(75-25-9-3-10-26-75)79-31-15-19-35-83(79)97-87)72-59-47-66(48-60-72)88-94(76-27-11-4-12-28-76)80-32-16-20-36-84(80)98-88/h1-60H. The van der Waals surface area contributed by atoms with Crippen LogP contribution < -0.4 is 69.5 Å². The van der Waals surface area contributed by atoms with Gasteiger partial charge in [-0.2, -0.15) is 0 Å². The number of fused-ring (bicyclic) bond motifs is 4. The van der Waals surface area contributed by atoms with E-state index in [-0.39, 0.29) is 28.2 Å². The molecule has 14 heteroatoms. The second kappa shape index (κ2) is 24.9. The minimum Gasteiger partial charge on any atom is -0.536 e. The van der Waals surface area contributed by atoms with E-state index in [1.165, 1.54) is 0 Å². The van der Waals surface area contributed by atoms with Gasteiger partial charge in [0, 0.05) is 56.9 Å². The minimum absolute atomic E-state index is 0.358. The quantitative estimate of drug-likeness (QED) is 0.0928. The minimum atomic E-state index is -0.358. The molecule has 0 spiro atoms. The fourth-order valence-corrected chi connectivity index (χ4v) is 14.2. The predicted molar refractivity (Wildman–Crippen MR) is 405 cm³/mol. The highest BCUT2D eigenvalue weighted by atomic mass is 16.5. The van der Waals surface area contributed by atoms with Gasteiger partial charge in [-0.25, -0.2) is 0 Å². The molecule has 0 N–H and O–H groups in total. The molecular formula is C84H60B4N6O4. The summed E-state index contributed by atoms with van der Waals surface area (Å²) in [4.78, 5) is 13.7. The lowest BCUT2D eigenvalue weighted by Crippen LogP contribution is -2.47. The van der Waals surface area contributed by atoms with Crippen LogP contribution in [0.15, 0.2) is 364 Å². The molecule has 10 nitrogen and oxygen atoms in total. The lowest BCUT2D eigenvalue weighted by Gasteiger charge is -2.28. The van der Waals surface area contributed by atoms with Gasteiger partial charge in [-0.1, -0.05) is 194 Å². The van der Waals surface area contributed by atoms with Crippen LogP contribution in [0.3, 0.4) is 0 Å². The van der Waals surface area contributed by atoms with Crippen molar-refractivity contribution in [2.45, 2.75) is 0 Å². The molecule has 4 aliphatic rings. The van der Waals surface area contributed by atoms with E-state index in [1.807, 2.05) is 72.8 Å². The zero-order valence-electron chi connectivity index (χ0n) is 53.3. The summed E-state index contributed by atoms with van der Waals surface area (Å²) in [6, 6.07) is 128. The molecule has 0 amide bonds. The van der Waals surface area contributed by atoms with Crippen LogP contribution in [0.25, 0.3) is 11.1 Å². The Balaban J connectivity index is 0.678. The third-order valence-electron chi connectivity index (χ3n) is 18.9. The first-order chi connectivity index (χ1) is 48.6. The van der Waals surface area contributed by atoms with Crippen LogP contribution in [-0.2, 0) is 0 Å². The van der Waals surface area contributed by atoms with Gasteiger partial charge in [-0.3, -0.25) is 0 Å². The van der Waals surface area contributed by atoms with E-state index in [0.29, 0.717) is 0 Å². The molecule has 462 valence electrons. The van der Waals surface area contributed by atoms with E-state index in [2.05, 4.69) is 320 Å². The molecule has 98 heavy (non-hydrogen) atoms. The molecule has 0 saturated carbocycles. The van der Waals surface area contributed by atoms with E-state index < -0.39 is 0 Å². The molecule has 0 saturated heterocycles. The van der Waals surface area contributed by atoms with Crippen molar-refractivity contribution in [2.75, 3.05) is 29.0 Å². The zero-order valence-corrected chi connectivity index (χ0v) is 53.3. The average Bonchev–Trinajstić information content (AvgIpc) is 1.55. The molecule has 0 aliphatic carbocycles. The van der Waals surface area contributed by atoms with Crippen molar-refractivity contribution in [1.29, 1.82) is 0 Å². The van der Waals surface area contributed by atoms with Gasteiger partial charge >= 0.3 is 28.2 Å². The SMILES string of the molecule is c1ccc(N2B(c3ccc(N(c4ccc(B5Oc6ccccc6N5c5ccccc5)cc4)c4ccc(-c5ccc(N(c6ccc(B7Oc8ccccc8N7c7ccccc7)cc6)c6ccc(B7Oc8ccccc8N7c7ccccc7)cc6)cc5)cc4)cc3)Oc3ccccc32)cc1. The van der Waals surface area contributed by atoms with Gasteiger partial charge in [-0.15, -0.1) is 0 Å². The second-order valence-electron chi connectivity index (χ2n) is 24.7. The van der Waals surface area contributed by atoms with Crippen LogP contribution in [0.5, 0.6) is 23.0 Å². The fourth-order valence-electron chi connectivity index (χ4n) is 14.2. The normalized spacial score (nSPS) is 13.3. The Hall–Kier alpha value is -12.7. The highest BCUT2D eigenvalue weighted by Crippen LogP contribution is 2.46. The van der Waals surface area contributed by atoms with Crippen molar-refractivity contribution in [3.63, 3.8) is 0 Å². The molecule has 4 aliphatic heterocycles. The number of para-hydroxylation sites is 12. The Kier molecular flexibility index (Phi) is 14.7. The number of benzene rings is 14. The molecule has 0 atom stereocenters. The summed E-state index contributed by atoms with van der Waals surface area (Å²) in [6.07, 6.45) is 0. The van der Waals surface area contributed by atoms with Crippen molar-refractivity contribution < 1.29 is 18.6 Å². The van der Waals surface area contributed by atoms with Crippen molar-refractivity contribution in [1.82, 2.24) is 0 Å². The van der Waals surface area contributed by atoms with Gasteiger partial charge < -0.3 is 47.7 Å². The molecule has 0 fully saturated rings. The number of anilines is 14. The van der Waals surface area contributed by atoms with Crippen LogP contribution in [0.1, 0.15) is 0 Å². The van der Waals surface area contributed by atoms with Gasteiger partial charge in [0.15, 0.2) is 0 Å². The van der Waals surface area contributed by atoms with Crippen LogP contribution in [-0.4, -0.2) is 28.2 Å². The molecule has 0 unspecified atom stereocenters. The topological polar surface area (TPSA) is 56.4 Å². The maximum absolute atomic E-state index is 6.75. The van der Waals surface area contributed by atoms with Crippen LogP contribution in [0, 0.1) is 0 Å². The monoisotopic (exact) mass is 1260 g/mol. The zero-order chi connectivity index (χ0) is 64.9. The van der Waals surface area contributed by atoms with Crippen molar-refractivity contribution >= 4 is 130 Å². The Bertz CT molecular complexity index is 4550. The molecule has 14 aromatic carbocycles. The average molecular weight is 1260 g/mol. The summed E-state index contributed by atoms with van der Waals surface area (Å²) in [5, 5.41) is 0. The first-order valence-electron chi connectivity index (χ1n) is 33.2. The van der Waals surface area contributed by atoms with Crippen molar-refractivity contribution in [2.24, 2.45) is 0 Å². The van der Waals surface area contributed by atoms with Gasteiger partial charge in [0.25, 0.3) is 0 Å². The lowest BCUT2D eigenvalue weighted by molar-refractivity contribution is 0.603. The van der Waals surface area contributed by atoms with E-state index in [4.69, 9.17) is 18.6 Å². The van der Waals surface area contributed by atoms with Gasteiger partial charge in [0.2, 0.25) is 0 Å². The van der Waals surface area contributed by atoms with Crippen LogP contribution in [0.2, 0.25) is 0 Å². The number of hydrogen-bond acceptors (Lipinski definition) is 10. The molecule has 4 heterocycles. The van der Waals surface area contributed by atoms with Crippen molar-refractivity contribution in [3.8, 4) is 34.1 Å². The summed E-state index contributed by atoms with van der Waals surface area (Å²) in [5.74, 6) is 3.41. The third-order valence-corrected chi connectivity index (χ3v) is 18.9. The Morgan fingerprint density at radius 2 is 0.367 bits per heavy atom. The number of rotatable bonds is 15. The maximum atomic E-state index is 6.75. The molecule has 14 aromatic rings. The molecular weight excluding hydrogens is 1200 g/mol. The molecule has 0 aromatic heterocycles. The lowest BCUT2D eigenvalue weighted by atomic mass is 9.71. The molecule has 0 bridgehead atoms. The first kappa shape index (κ1) is 58.0. The summed E-state index contributed by atoms with van der Waals surface area (Å²) in [6.45, 7) is 0. The number of nitrogens with zero attached hydrogens (tertiary/aromatic N) is 6. The first-order valence-corrected chi connectivity index (χ1v) is 33.2. The summed E-state index contributed by atoms with van der Waals surface area (Å²) in [7, 11) is -1.43. The van der Waals surface area contributed by atoms with E-state index in [1.54, 1.807) is 0 Å². The van der Waals surface area contributed by atoms with Gasteiger partial charge in [0.1, 0.15) is 23.0 Å². The second-order valence-corrected chi connectivity index (χ2v) is 24.7. The van der Waals surface area contributed by atoms with Gasteiger partial charge in [-0.05, 0) is 203 Å². The third kappa shape index (κ3) is 10.6. The Labute approximate surface area is 572 Å². The van der Waals surface area contributed by atoms with E-state index in [0.717, 1.165) is 136 Å². The Morgan fingerprint density at radius 1 is 0.184 bits per heavy atom.